The predicted molar refractivity (Wildman–Crippen MR) is 70.6 cm³/mol. The van der Waals surface area contributed by atoms with E-state index in [1.807, 2.05) is 12.1 Å². The zero-order chi connectivity index (χ0) is 12.1. The van der Waals surface area contributed by atoms with E-state index in [1.165, 1.54) is 44.1 Å². The predicted octanol–water partition coefficient (Wildman–Crippen LogP) is 4.32. The van der Waals surface area contributed by atoms with Gasteiger partial charge in [0.2, 0.25) is 0 Å². The van der Waals surface area contributed by atoms with Gasteiger partial charge in [-0.2, -0.15) is 5.26 Å². The van der Waals surface area contributed by atoms with Gasteiger partial charge < -0.3 is 0 Å². The lowest BCUT2D eigenvalue weighted by atomic mass is 9.84. The molecule has 0 N–H and O–H groups in total. The Morgan fingerprint density at radius 1 is 1.12 bits per heavy atom. The van der Waals surface area contributed by atoms with Crippen molar-refractivity contribution >= 4 is 0 Å². The SMILES string of the molecule is CC1CCCCCC1Cc1ccc(C#N)cc1. The van der Waals surface area contributed by atoms with E-state index < -0.39 is 0 Å². The Bertz CT molecular complexity index is 385. The summed E-state index contributed by atoms with van der Waals surface area (Å²) in [7, 11) is 0. The number of nitrogens with zero attached hydrogens (tertiary/aromatic N) is 1. The van der Waals surface area contributed by atoms with Crippen molar-refractivity contribution in [3.63, 3.8) is 0 Å². The third-order valence-electron chi connectivity index (χ3n) is 4.12. The molecular formula is C16H21N. The number of hydrogen-bond donors (Lipinski definition) is 0. The van der Waals surface area contributed by atoms with E-state index in [2.05, 4.69) is 25.1 Å². The monoisotopic (exact) mass is 227 g/mol. The maximum absolute atomic E-state index is 8.78. The van der Waals surface area contributed by atoms with Crippen LogP contribution in [0.1, 0.15) is 50.2 Å². The van der Waals surface area contributed by atoms with Crippen molar-refractivity contribution in [3.8, 4) is 6.07 Å². The van der Waals surface area contributed by atoms with Crippen LogP contribution in [0, 0.1) is 23.2 Å². The highest BCUT2D eigenvalue weighted by molar-refractivity contribution is 5.31. The molecule has 1 fully saturated rings. The zero-order valence-corrected chi connectivity index (χ0v) is 10.7. The first-order valence-electron chi connectivity index (χ1n) is 6.78. The van der Waals surface area contributed by atoms with Gasteiger partial charge in [0.1, 0.15) is 0 Å². The van der Waals surface area contributed by atoms with Crippen LogP contribution in [0.3, 0.4) is 0 Å². The summed E-state index contributed by atoms with van der Waals surface area (Å²) in [5.74, 6) is 1.69. The van der Waals surface area contributed by atoms with Gasteiger partial charge in [0.05, 0.1) is 11.6 Å². The molecule has 1 heteroatoms. The van der Waals surface area contributed by atoms with E-state index in [0.29, 0.717) is 0 Å². The van der Waals surface area contributed by atoms with Crippen molar-refractivity contribution in [2.24, 2.45) is 11.8 Å². The van der Waals surface area contributed by atoms with Crippen molar-refractivity contribution in [1.29, 1.82) is 5.26 Å². The smallest absolute Gasteiger partial charge is 0.0991 e. The summed E-state index contributed by atoms with van der Waals surface area (Å²) in [5.41, 5.74) is 2.16. The van der Waals surface area contributed by atoms with Gasteiger partial charge in [-0.1, -0.05) is 44.7 Å². The molecule has 0 radical (unpaired) electrons. The van der Waals surface area contributed by atoms with E-state index in [9.17, 15) is 0 Å². The average molecular weight is 227 g/mol. The molecule has 2 unspecified atom stereocenters. The Morgan fingerprint density at radius 3 is 2.53 bits per heavy atom. The topological polar surface area (TPSA) is 23.8 Å². The molecular weight excluding hydrogens is 206 g/mol. The van der Waals surface area contributed by atoms with Crippen molar-refractivity contribution in [1.82, 2.24) is 0 Å². The lowest BCUT2D eigenvalue weighted by Gasteiger charge is -2.21. The second-order valence-electron chi connectivity index (χ2n) is 5.39. The molecule has 0 saturated heterocycles. The molecule has 90 valence electrons. The van der Waals surface area contributed by atoms with Crippen molar-refractivity contribution in [3.05, 3.63) is 35.4 Å². The summed E-state index contributed by atoms with van der Waals surface area (Å²) in [6.45, 7) is 2.40. The Hall–Kier alpha value is -1.29. The molecule has 0 amide bonds. The van der Waals surface area contributed by atoms with Crippen LogP contribution in [0.25, 0.3) is 0 Å². The van der Waals surface area contributed by atoms with Crippen LogP contribution in [-0.2, 0) is 6.42 Å². The van der Waals surface area contributed by atoms with Crippen LogP contribution < -0.4 is 0 Å². The van der Waals surface area contributed by atoms with Crippen molar-refractivity contribution in [2.75, 3.05) is 0 Å². The highest BCUT2D eigenvalue weighted by Crippen LogP contribution is 2.30. The van der Waals surface area contributed by atoms with E-state index in [1.54, 1.807) is 0 Å². The third kappa shape index (κ3) is 3.33. The Morgan fingerprint density at radius 2 is 1.82 bits per heavy atom. The standard InChI is InChI=1S/C16H21N/c1-13-5-3-2-4-6-16(13)11-14-7-9-15(12-17)10-8-14/h7-10,13,16H,2-6,11H2,1H3. The maximum Gasteiger partial charge on any atom is 0.0991 e. The molecule has 17 heavy (non-hydrogen) atoms. The Balaban J connectivity index is 2.01. The number of benzene rings is 1. The molecule has 1 nitrogen and oxygen atoms in total. The van der Waals surface area contributed by atoms with Gasteiger partial charge in [0.15, 0.2) is 0 Å². The molecule has 0 bridgehead atoms. The van der Waals surface area contributed by atoms with Crippen LogP contribution in [-0.4, -0.2) is 0 Å². The largest absolute Gasteiger partial charge is 0.192 e. The number of hydrogen-bond acceptors (Lipinski definition) is 1. The fraction of sp³-hybridized carbons (Fsp3) is 0.562. The van der Waals surface area contributed by atoms with E-state index >= 15 is 0 Å². The Kier molecular flexibility index (Phi) is 4.20. The Labute approximate surface area is 104 Å². The van der Waals surface area contributed by atoms with Gasteiger partial charge >= 0.3 is 0 Å². The van der Waals surface area contributed by atoms with E-state index in [-0.39, 0.29) is 0 Å². The first kappa shape index (κ1) is 12.2. The van der Waals surface area contributed by atoms with Crippen LogP contribution in [0.2, 0.25) is 0 Å². The molecule has 0 spiro atoms. The summed E-state index contributed by atoms with van der Waals surface area (Å²) in [6, 6.07) is 10.3. The van der Waals surface area contributed by atoms with Crippen molar-refractivity contribution in [2.45, 2.75) is 45.4 Å². The van der Waals surface area contributed by atoms with Gasteiger partial charge in [0, 0.05) is 0 Å². The average Bonchev–Trinajstić information content (AvgIpc) is 2.56. The highest BCUT2D eigenvalue weighted by Gasteiger charge is 2.19. The fourth-order valence-electron chi connectivity index (χ4n) is 2.89. The lowest BCUT2D eigenvalue weighted by Crippen LogP contribution is -2.13. The molecule has 1 aromatic carbocycles. The number of rotatable bonds is 2. The minimum atomic E-state index is 0.766. The fourth-order valence-corrected chi connectivity index (χ4v) is 2.89. The van der Waals surface area contributed by atoms with E-state index in [4.69, 9.17) is 5.26 Å². The number of nitriles is 1. The van der Waals surface area contributed by atoms with E-state index in [0.717, 1.165) is 17.4 Å². The molecule has 2 atom stereocenters. The van der Waals surface area contributed by atoms with Gasteiger partial charge in [-0.05, 0) is 42.4 Å². The highest BCUT2D eigenvalue weighted by atomic mass is 14.3. The van der Waals surface area contributed by atoms with Gasteiger partial charge in [-0.25, -0.2) is 0 Å². The van der Waals surface area contributed by atoms with Crippen LogP contribution in [0.15, 0.2) is 24.3 Å². The molecule has 1 aliphatic rings. The molecule has 0 aromatic heterocycles. The summed E-state index contributed by atoms with van der Waals surface area (Å²) in [5, 5.41) is 8.78. The summed E-state index contributed by atoms with van der Waals surface area (Å²) >= 11 is 0. The quantitative estimate of drug-likeness (QED) is 0.690. The molecule has 1 saturated carbocycles. The third-order valence-corrected chi connectivity index (χ3v) is 4.12. The normalized spacial score (nSPS) is 24.9. The molecule has 0 aliphatic heterocycles. The molecule has 2 rings (SSSR count). The minimum absolute atomic E-state index is 0.766. The van der Waals surface area contributed by atoms with Crippen LogP contribution in [0.5, 0.6) is 0 Å². The summed E-state index contributed by atoms with van der Waals surface area (Å²) in [4.78, 5) is 0. The second-order valence-corrected chi connectivity index (χ2v) is 5.39. The maximum atomic E-state index is 8.78. The molecule has 1 aromatic rings. The van der Waals surface area contributed by atoms with Gasteiger partial charge in [0.25, 0.3) is 0 Å². The second kappa shape index (κ2) is 5.87. The zero-order valence-electron chi connectivity index (χ0n) is 10.7. The summed E-state index contributed by atoms with van der Waals surface area (Å²) in [6.07, 6.45) is 8.17. The molecule has 1 aliphatic carbocycles. The summed E-state index contributed by atoms with van der Waals surface area (Å²) < 4.78 is 0. The van der Waals surface area contributed by atoms with Gasteiger partial charge in [-0.3, -0.25) is 0 Å². The lowest BCUT2D eigenvalue weighted by molar-refractivity contribution is 0.336. The van der Waals surface area contributed by atoms with Gasteiger partial charge in [-0.15, -0.1) is 0 Å². The molecule has 0 heterocycles. The van der Waals surface area contributed by atoms with Crippen LogP contribution >= 0.6 is 0 Å². The van der Waals surface area contributed by atoms with Crippen LogP contribution in [0.4, 0.5) is 0 Å². The van der Waals surface area contributed by atoms with Crippen molar-refractivity contribution < 1.29 is 0 Å². The first-order chi connectivity index (χ1) is 8.29. The first-order valence-corrected chi connectivity index (χ1v) is 6.78. The minimum Gasteiger partial charge on any atom is -0.192 e.